The lowest BCUT2D eigenvalue weighted by Crippen LogP contribution is -2.36. The number of nitrogens with one attached hydrogen (secondary N) is 1. The molecule has 25 heavy (non-hydrogen) atoms. The molecule has 1 amide bonds. The zero-order valence-electron chi connectivity index (χ0n) is 13.6. The van der Waals surface area contributed by atoms with Crippen LogP contribution < -0.4 is 9.47 Å². The van der Waals surface area contributed by atoms with E-state index in [1.807, 2.05) is 5.10 Å². The van der Waals surface area contributed by atoms with Gasteiger partial charge < -0.3 is 14.4 Å². The molecule has 1 atom stereocenters. The van der Waals surface area contributed by atoms with Crippen LogP contribution in [-0.4, -0.2) is 40.8 Å². The molecule has 0 saturated heterocycles. The second-order valence-electron chi connectivity index (χ2n) is 5.75. The van der Waals surface area contributed by atoms with Crippen LogP contribution in [0.1, 0.15) is 28.7 Å². The number of hydrogen-bond donors (Lipinski definition) is 1. The summed E-state index contributed by atoms with van der Waals surface area (Å²) in [5.41, 5.74) is -0.596. The van der Waals surface area contributed by atoms with Crippen molar-refractivity contribution >= 4 is 5.91 Å². The number of ether oxygens (including phenoxy) is 2. The fourth-order valence-electron chi connectivity index (χ4n) is 2.63. The van der Waals surface area contributed by atoms with Crippen molar-refractivity contribution in [3.8, 4) is 11.5 Å². The number of H-pyrrole nitrogens is 1. The van der Waals surface area contributed by atoms with Gasteiger partial charge in [0, 0.05) is 24.2 Å². The Morgan fingerprint density at radius 2 is 2.16 bits per heavy atom. The predicted octanol–water partition coefficient (Wildman–Crippen LogP) is 2.86. The van der Waals surface area contributed by atoms with Crippen molar-refractivity contribution in [2.75, 3.05) is 13.7 Å². The maximum Gasteiger partial charge on any atom is 0.432 e. The molecular weight excluding hydrogens is 339 g/mol. The number of halogens is 3. The van der Waals surface area contributed by atoms with E-state index in [2.05, 4.69) is 5.10 Å². The van der Waals surface area contributed by atoms with Gasteiger partial charge in [-0.3, -0.25) is 9.89 Å². The molecular formula is C16H16F3N3O3. The van der Waals surface area contributed by atoms with Gasteiger partial charge in [-0.1, -0.05) is 0 Å². The molecule has 1 N–H and O–H groups in total. The zero-order chi connectivity index (χ0) is 18.2. The number of carbonyl (C=O) groups is 1. The second kappa shape index (κ2) is 6.30. The predicted molar refractivity (Wildman–Crippen MR) is 81.4 cm³/mol. The summed E-state index contributed by atoms with van der Waals surface area (Å²) >= 11 is 0. The van der Waals surface area contributed by atoms with Crippen molar-refractivity contribution in [2.45, 2.75) is 25.7 Å². The van der Waals surface area contributed by atoms with Crippen molar-refractivity contribution in [2.24, 2.45) is 0 Å². The van der Waals surface area contributed by atoms with E-state index in [1.165, 1.54) is 12.0 Å². The third kappa shape index (κ3) is 3.54. The fourth-order valence-corrected chi connectivity index (χ4v) is 2.63. The van der Waals surface area contributed by atoms with Crippen molar-refractivity contribution in [3.05, 3.63) is 41.2 Å². The summed E-state index contributed by atoms with van der Waals surface area (Å²) in [7, 11) is 1.54. The molecule has 0 fully saturated rings. The molecule has 2 aromatic rings. The average Bonchev–Trinajstić information content (AvgIpc) is 2.99. The third-order valence-electron chi connectivity index (χ3n) is 3.83. The van der Waals surface area contributed by atoms with Crippen LogP contribution in [0.5, 0.6) is 11.5 Å². The summed E-state index contributed by atoms with van der Waals surface area (Å²) in [5, 5.41) is 5.36. The number of rotatable bonds is 2. The molecule has 0 aliphatic carbocycles. The number of hydrogen-bond acceptors (Lipinski definition) is 4. The van der Waals surface area contributed by atoms with Gasteiger partial charge in [-0.05, 0) is 19.1 Å². The van der Waals surface area contributed by atoms with E-state index < -0.39 is 17.8 Å². The van der Waals surface area contributed by atoms with E-state index in [4.69, 9.17) is 9.47 Å². The van der Waals surface area contributed by atoms with E-state index in [9.17, 15) is 18.0 Å². The summed E-state index contributed by atoms with van der Waals surface area (Å²) in [5.74, 6) is 0.610. The first kappa shape index (κ1) is 17.1. The molecule has 1 aliphatic heterocycles. The number of benzene rings is 1. The first-order valence-corrected chi connectivity index (χ1v) is 7.53. The minimum atomic E-state index is -4.58. The van der Waals surface area contributed by atoms with Gasteiger partial charge in [-0.2, -0.15) is 18.3 Å². The Morgan fingerprint density at radius 1 is 1.40 bits per heavy atom. The van der Waals surface area contributed by atoms with Gasteiger partial charge >= 0.3 is 6.18 Å². The number of aromatic nitrogens is 2. The number of alkyl halides is 3. The maximum atomic E-state index is 12.7. The smallest absolute Gasteiger partial charge is 0.432 e. The van der Waals surface area contributed by atoms with Crippen LogP contribution in [0.4, 0.5) is 13.2 Å². The largest absolute Gasteiger partial charge is 0.497 e. The number of methoxy groups -OCH3 is 1. The molecule has 1 aromatic carbocycles. The van der Waals surface area contributed by atoms with Gasteiger partial charge in [0.15, 0.2) is 5.69 Å². The monoisotopic (exact) mass is 355 g/mol. The molecule has 2 heterocycles. The molecule has 0 bridgehead atoms. The molecule has 0 saturated carbocycles. The molecule has 0 radical (unpaired) electrons. The van der Waals surface area contributed by atoms with E-state index in [0.29, 0.717) is 17.6 Å². The van der Waals surface area contributed by atoms with Crippen LogP contribution in [0.15, 0.2) is 24.3 Å². The van der Waals surface area contributed by atoms with E-state index in [0.717, 1.165) is 5.56 Å². The number of amides is 1. The summed E-state index contributed by atoms with van der Waals surface area (Å²) in [6.07, 6.45) is -4.91. The fraction of sp³-hybridized carbons (Fsp3) is 0.375. The second-order valence-corrected chi connectivity index (χ2v) is 5.75. The normalized spacial score (nSPS) is 17.5. The topological polar surface area (TPSA) is 67.5 Å². The van der Waals surface area contributed by atoms with E-state index in [1.54, 1.807) is 25.1 Å². The lowest BCUT2D eigenvalue weighted by atomic mass is 10.1. The van der Waals surface area contributed by atoms with Gasteiger partial charge in [-0.25, -0.2) is 0 Å². The van der Waals surface area contributed by atoms with Gasteiger partial charge in [0.2, 0.25) is 0 Å². The van der Waals surface area contributed by atoms with Crippen molar-refractivity contribution in [1.29, 1.82) is 0 Å². The molecule has 134 valence electrons. The van der Waals surface area contributed by atoms with Crippen molar-refractivity contribution in [3.63, 3.8) is 0 Å². The highest BCUT2D eigenvalue weighted by molar-refractivity contribution is 5.92. The van der Waals surface area contributed by atoms with Crippen LogP contribution in [0, 0.1) is 0 Å². The minimum absolute atomic E-state index is 0.205. The molecule has 0 spiro atoms. The Hall–Kier alpha value is -2.71. The first-order valence-electron chi connectivity index (χ1n) is 7.53. The molecule has 3 rings (SSSR count). The molecule has 1 aromatic heterocycles. The van der Waals surface area contributed by atoms with Crippen molar-refractivity contribution < 1.29 is 27.4 Å². The maximum absolute atomic E-state index is 12.7. The van der Waals surface area contributed by atoms with Gasteiger partial charge in [-0.15, -0.1) is 0 Å². The van der Waals surface area contributed by atoms with Gasteiger partial charge in [0.25, 0.3) is 5.91 Å². The number of carbonyl (C=O) groups excluding carboxylic acids is 1. The Bertz CT molecular complexity index is 788. The number of aromatic amines is 1. The highest BCUT2D eigenvalue weighted by atomic mass is 19.4. The Balaban J connectivity index is 1.86. The molecule has 9 heteroatoms. The Labute approximate surface area is 141 Å². The van der Waals surface area contributed by atoms with E-state index in [-0.39, 0.29) is 24.9 Å². The number of nitrogens with zero attached hydrogens (tertiary/aromatic N) is 2. The summed E-state index contributed by atoms with van der Waals surface area (Å²) < 4.78 is 49.0. The van der Waals surface area contributed by atoms with Crippen LogP contribution in [0.25, 0.3) is 0 Å². The van der Waals surface area contributed by atoms with Crippen LogP contribution >= 0.6 is 0 Å². The summed E-state index contributed by atoms with van der Waals surface area (Å²) in [6, 6.07) is 5.93. The summed E-state index contributed by atoms with van der Waals surface area (Å²) in [6.45, 7) is 2.21. The molecule has 0 unspecified atom stereocenters. The third-order valence-corrected chi connectivity index (χ3v) is 3.83. The average molecular weight is 355 g/mol. The first-order chi connectivity index (χ1) is 11.8. The van der Waals surface area contributed by atoms with E-state index >= 15 is 0 Å². The highest BCUT2D eigenvalue weighted by Gasteiger charge is 2.35. The highest BCUT2D eigenvalue weighted by Crippen LogP contribution is 2.31. The standard InChI is InChI=1S/C16H16F3N3O3/c1-9-7-22(8-10-3-4-11(24-2)5-13(10)25-9)15(23)12-6-14(21-20-12)16(17,18)19/h3-6,9H,7-8H2,1-2H3,(H,20,21)/t9-/m1/s1. The van der Waals surface area contributed by atoms with Crippen LogP contribution in [-0.2, 0) is 12.7 Å². The quantitative estimate of drug-likeness (QED) is 0.900. The summed E-state index contributed by atoms with van der Waals surface area (Å²) in [4.78, 5) is 14.0. The number of fused-ring (bicyclic) bond motifs is 1. The Morgan fingerprint density at radius 3 is 2.80 bits per heavy atom. The van der Waals surface area contributed by atoms with Gasteiger partial charge in [0.05, 0.1) is 13.7 Å². The SMILES string of the molecule is COc1ccc2c(c1)O[C@H](C)CN(C(=O)c1cc(C(F)(F)F)[nH]n1)C2. The lowest BCUT2D eigenvalue weighted by Gasteiger charge is -2.21. The van der Waals surface area contributed by atoms with Crippen molar-refractivity contribution in [1.82, 2.24) is 15.1 Å². The van der Waals surface area contributed by atoms with Crippen LogP contribution in [0.2, 0.25) is 0 Å². The Kier molecular flexibility index (Phi) is 4.32. The molecule has 6 nitrogen and oxygen atoms in total. The van der Waals surface area contributed by atoms with Crippen LogP contribution in [0.3, 0.4) is 0 Å². The van der Waals surface area contributed by atoms with Gasteiger partial charge in [0.1, 0.15) is 23.3 Å². The zero-order valence-corrected chi connectivity index (χ0v) is 13.6. The lowest BCUT2D eigenvalue weighted by molar-refractivity contribution is -0.141. The molecule has 1 aliphatic rings. The minimum Gasteiger partial charge on any atom is -0.497 e.